The molecule has 6 nitrogen and oxygen atoms in total. The van der Waals surface area contributed by atoms with Crippen LogP contribution in [0.1, 0.15) is 50.7 Å². The smallest absolute Gasteiger partial charge is 0.308 e. The first-order valence-electron chi connectivity index (χ1n) is 10.5. The molecule has 1 saturated carbocycles. The van der Waals surface area contributed by atoms with Crippen molar-refractivity contribution in [3.8, 4) is 0 Å². The van der Waals surface area contributed by atoms with Gasteiger partial charge in [-0.15, -0.1) is 0 Å². The van der Waals surface area contributed by atoms with Crippen molar-refractivity contribution in [2.45, 2.75) is 51.2 Å². The number of carbonyl (C=O) groups excluding carboxylic acids is 1. The summed E-state index contributed by atoms with van der Waals surface area (Å²) in [6.07, 6.45) is 4.87. The quantitative estimate of drug-likeness (QED) is 0.446. The second kappa shape index (κ2) is 10.5. The molecule has 0 bridgehead atoms. The fourth-order valence-corrected chi connectivity index (χ4v) is 4.20. The average Bonchev–Trinajstić information content (AvgIpc) is 3.21. The van der Waals surface area contributed by atoms with Gasteiger partial charge in [0.1, 0.15) is 0 Å². The van der Waals surface area contributed by atoms with Crippen LogP contribution in [-0.2, 0) is 14.3 Å². The summed E-state index contributed by atoms with van der Waals surface area (Å²) in [4.78, 5) is 16.3. The Kier molecular flexibility index (Phi) is 7.71. The third kappa shape index (κ3) is 5.47. The summed E-state index contributed by atoms with van der Waals surface area (Å²) >= 11 is 0. The van der Waals surface area contributed by atoms with Crippen LogP contribution in [0.5, 0.6) is 0 Å². The van der Waals surface area contributed by atoms with Crippen molar-refractivity contribution in [3.05, 3.63) is 35.9 Å². The van der Waals surface area contributed by atoms with E-state index in [1.807, 2.05) is 13.0 Å². The van der Waals surface area contributed by atoms with Gasteiger partial charge in [-0.1, -0.05) is 30.3 Å². The zero-order valence-corrected chi connectivity index (χ0v) is 17.0. The van der Waals surface area contributed by atoms with Crippen LogP contribution in [0.2, 0.25) is 0 Å². The monoisotopic (exact) mass is 387 g/mol. The summed E-state index contributed by atoms with van der Waals surface area (Å²) < 4.78 is 11.1. The highest BCUT2D eigenvalue weighted by molar-refractivity contribution is 5.80. The minimum atomic E-state index is -0.0448. The van der Waals surface area contributed by atoms with E-state index in [9.17, 15) is 4.79 Å². The number of hydrogen-bond donors (Lipinski definition) is 2. The Morgan fingerprint density at radius 2 is 1.93 bits per heavy atom. The maximum Gasteiger partial charge on any atom is 0.308 e. The van der Waals surface area contributed by atoms with Crippen LogP contribution < -0.4 is 10.6 Å². The molecule has 154 valence electrons. The van der Waals surface area contributed by atoms with Gasteiger partial charge < -0.3 is 20.1 Å². The van der Waals surface area contributed by atoms with Crippen molar-refractivity contribution in [2.75, 3.05) is 26.8 Å². The Bertz CT molecular complexity index is 642. The predicted molar refractivity (Wildman–Crippen MR) is 110 cm³/mol. The van der Waals surface area contributed by atoms with Crippen LogP contribution in [-0.4, -0.2) is 44.8 Å². The molecule has 1 aliphatic heterocycles. The first-order valence-corrected chi connectivity index (χ1v) is 10.5. The Morgan fingerprint density at radius 3 is 2.61 bits per heavy atom. The molecule has 1 aromatic carbocycles. The lowest BCUT2D eigenvalue weighted by Crippen LogP contribution is -2.46. The molecule has 2 atom stereocenters. The lowest BCUT2D eigenvalue weighted by atomic mass is 9.86. The highest BCUT2D eigenvalue weighted by Crippen LogP contribution is 2.33. The van der Waals surface area contributed by atoms with Gasteiger partial charge in [0.2, 0.25) is 0 Å². The minimum absolute atomic E-state index is 0.0448. The Morgan fingerprint density at radius 1 is 1.18 bits per heavy atom. The van der Waals surface area contributed by atoms with E-state index < -0.39 is 0 Å². The molecule has 1 aromatic rings. The van der Waals surface area contributed by atoms with Gasteiger partial charge in [-0.2, -0.15) is 0 Å². The number of guanidine groups is 1. The third-order valence-electron chi connectivity index (χ3n) is 5.79. The number of nitrogens with one attached hydrogen (secondary N) is 2. The van der Waals surface area contributed by atoms with Crippen molar-refractivity contribution < 1.29 is 14.3 Å². The molecule has 0 amide bonds. The number of rotatable bonds is 6. The van der Waals surface area contributed by atoms with Crippen LogP contribution in [0.3, 0.4) is 0 Å². The van der Waals surface area contributed by atoms with Gasteiger partial charge in [-0.25, -0.2) is 0 Å². The Balaban J connectivity index is 1.45. The lowest BCUT2D eigenvalue weighted by molar-refractivity contribution is -0.149. The van der Waals surface area contributed by atoms with Crippen LogP contribution in [0, 0.1) is 11.8 Å². The van der Waals surface area contributed by atoms with Gasteiger partial charge in [-0.05, 0) is 44.6 Å². The topological polar surface area (TPSA) is 72.0 Å². The molecule has 1 saturated heterocycles. The average molecular weight is 388 g/mol. The molecule has 2 N–H and O–H groups in total. The summed E-state index contributed by atoms with van der Waals surface area (Å²) in [7, 11) is 1.80. The van der Waals surface area contributed by atoms with E-state index in [0.29, 0.717) is 18.6 Å². The highest BCUT2D eigenvalue weighted by atomic mass is 16.5. The van der Waals surface area contributed by atoms with Crippen molar-refractivity contribution in [1.29, 1.82) is 0 Å². The molecule has 0 radical (unpaired) electrons. The van der Waals surface area contributed by atoms with E-state index in [1.165, 1.54) is 5.56 Å². The summed E-state index contributed by atoms with van der Waals surface area (Å²) in [6.45, 7) is 3.95. The van der Waals surface area contributed by atoms with Gasteiger partial charge in [-0.3, -0.25) is 9.79 Å². The number of nitrogens with zero attached hydrogens (tertiary/aromatic N) is 1. The van der Waals surface area contributed by atoms with E-state index in [2.05, 4.69) is 39.9 Å². The molecule has 2 aliphatic rings. The maximum absolute atomic E-state index is 11.9. The molecule has 28 heavy (non-hydrogen) atoms. The zero-order chi connectivity index (χ0) is 19.8. The maximum atomic E-state index is 11.9. The first-order chi connectivity index (χ1) is 13.7. The van der Waals surface area contributed by atoms with Gasteiger partial charge in [0.05, 0.1) is 18.6 Å². The normalized spacial score (nSPS) is 28.0. The van der Waals surface area contributed by atoms with E-state index in [0.717, 1.165) is 51.2 Å². The Labute approximate surface area is 168 Å². The number of ether oxygens (including phenoxy) is 2. The minimum Gasteiger partial charge on any atom is -0.466 e. The number of carbonyl (C=O) groups is 1. The van der Waals surface area contributed by atoms with Gasteiger partial charge in [0.25, 0.3) is 0 Å². The van der Waals surface area contributed by atoms with Crippen LogP contribution in [0.25, 0.3) is 0 Å². The van der Waals surface area contributed by atoms with E-state index in [4.69, 9.17) is 9.47 Å². The van der Waals surface area contributed by atoms with Crippen LogP contribution >= 0.6 is 0 Å². The standard InChI is InChI=1S/C22H33N3O3/c1-3-27-21(26)17-9-11-19(12-10-17)25-22(23-2)24-15-18-13-14-28-20(18)16-7-5-4-6-8-16/h4-8,17-20H,3,9-15H2,1-2H3,(H2,23,24,25). The molecule has 6 heteroatoms. The molecular formula is C22H33N3O3. The molecule has 1 aliphatic carbocycles. The number of hydrogen-bond acceptors (Lipinski definition) is 4. The summed E-state index contributed by atoms with van der Waals surface area (Å²) in [5, 5.41) is 7.00. The van der Waals surface area contributed by atoms with Gasteiger partial charge >= 0.3 is 5.97 Å². The molecular weight excluding hydrogens is 354 g/mol. The summed E-state index contributed by atoms with van der Waals surface area (Å²) in [5.41, 5.74) is 1.24. The molecule has 2 unspecified atom stereocenters. The van der Waals surface area contributed by atoms with Crippen molar-refractivity contribution in [1.82, 2.24) is 10.6 Å². The predicted octanol–water partition coefficient (Wildman–Crippen LogP) is 3.05. The van der Waals surface area contributed by atoms with E-state index in [-0.39, 0.29) is 18.0 Å². The number of aliphatic imine (C=N–C) groups is 1. The first kappa shape index (κ1) is 20.6. The summed E-state index contributed by atoms with van der Waals surface area (Å²) in [5.74, 6) is 1.27. The van der Waals surface area contributed by atoms with Crippen molar-refractivity contribution >= 4 is 11.9 Å². The molecule has 0 spiro atoms. The second-order valence-corrected chi connectivity index (χ2v) is 7.65. The fraction of sp³-hybridized carbons (Fsp3) is 0.636. The van der Waals surface area contributed by atoms with Gasteiger partial charge in [0.15, 0.2) is 5.96 Å². The molecule has 3 rings (SSSR count). The van der Waals surface area contributed by atoms with Gasteiger partial charge in [0, 0.05) is 32.2 Å². The van der Waals surface area contributed by atoms with Crippen molar-refractivity contribution in [3.63, 3.8) is 0 Å². The zero-order valence-electron chi connectivity index (χ0n) is 17.0. The molecule has 0 aromatic heterocycles. The highest BCUT2D eigenvalue weighted by Gasteiger charge is 2.30. The van der Waals surface area contributed by atoms with Crippen molar-refractivity contribution in [2.24, 2.45) is 16.8 Å². The Hall–Kier alpha value is -2.08. The van der Waals surface area contributed by atoms with Crippen LogP contribution in [0.4, 0.5) is 0 Å². The summed E-state index contributed by atoms with van der Waals surface area (Å²) in [6, 6.07) is 10.8. The third-order valence-corrected chi connectivity index (χ3v) is 5.79. The molecule has 2 fully saturated rings. The fourth-order valence-electron chi connectivity index (χ4n) is 4.20. The van der Waals surface area contributed by atoms with E-state index >= 15 is 0 Å². The number of esters is 1. The van der Waals surface area contributed by atoms with E-state index in [1.54, 1.807) is 7.05 Å². The van der Waals surface area contributed by atoms with Crippen LogP contribution in [0.15, 0.2) is 35.3 Å². The second-order valence-electron chi connectivity index (χ2n) is 7.65. The largest absolute Gasteiger partial charge is 0.466 e. The number of benzene rings is 1. The molecule has 1 heterocycles. The lowest BCUT2D eigenvalue weighted by Gasteiger charge is -2.29. The SMILES string of the molecule is CCOC(=O)C1CCC(NC(=NC)NCC2CCOC2c2ccccc2)CC1.